The molecule has 0 saturated carbocycles. The van der Waals surface area contributed by atoms with Crippen molar-refractivity contribution < 1.29 is 9.53 Å². The normalized spacial score (nSPS) is 20.7. The van der Waals surface area contributed by atoms with Crippen LogP contribution in [0.2, 0.25) is 5.28 Å². The lowest BCUT2D eigenvalue weighted by molar-refractivity contribution is 0.0709. The number of nitrogens with zero attached hydrogens (tertiary/aromatic N) is 5. The van der Waals surface area contributed by atoms with Crippen molar-refractivity contribution in [1.82, 2.24) is 20.2 Å². The Morgan fingerprint density at radius 1 is 1.32 bits per heavy atom. The summed E-state index contributed by atoms with van der Waals surface area (Å²) in [5.41, 5.74) is 2.93. The van der Waals surface area contributed by atoms with Gasteiger partial charge in [-0.1, -0.05) is 30.3 Å². The summed E-state index contributed by atoms with van der Waals surface area (Å²) in [6.07, 6.45) is 0.630. The molecular formula is C22H25ClN6O2. The number of hydrogen-bond donors (Lipinski definition) is 1. The number of piperazine rings is 1. The molecule has 1 aromatic carbocycles. The number of amides is 1. The van der Waals surface area contributed by atoms with Gasteiger partial charge in [0.25, 0.3) is 0 Å². The van der Waals surface area contributed by atoms with Crippen LogP contribution in [0.4, 0.5) is 10.6 Å². The van der Waals surface area contributed by atoms with Gasteiger partial charge in [-0.3, -0.25) is 0 Å². The molecule has 0 bridgehead atoms. The summed E-state index contributed by atoms with van der Waals surface area (Å²) in [7, 11) is 0. The monoisotopic (exact) mass is 440 g/mol. The number of anilines is 1. The van der Waals surface area contributed by atoms with E-state index in [1.165, 1.54) is 0 Å². The lowest BCUT2D eigenvalue weighted by atomic mass is 10.0. The molecule has 4 rings (SSSR count). The molecule has 162 valence electrons. The third-order valence-corrected chi connectivity index (χ3v) is 5.94. The molecule has 2 aromatic rings. The number of aromatic nitrogens is 2. The number of halogens is 1. The van der Waals surface area contributed by atoms with Crippen LogP contribution in [0.5, 0.6) is 0 Å². The highest BCUT2D eigenvalue weighted by molar-refractivity contribution is 6.28. The molecule has 2 atom stereocenters. The van der Waals surface area contributed by atoms with Crippen molar-refractivity contribution in [3.05, 3.63) is 52.4 Å². The molecule has 2 aliphatic heterocycles. The molecule has 1 saturated heterocycles. The minimum Gasteiger partial charge on any atom is -0.445 e. The van der Waals surface area contributed by atoms with Gasteiger partial charge >= 0.3 is 6.09 Å². The number of fused-ring (bicyclic) bond motifs is 1. The second-order valence-electron chi connectivity index (χ2n) is 7.88. The van der Waals surface area contributed by atoms with E-state index in [-0.39, 0.29) is 30.4 Å². The Labute approximate surface area is 186 Å². The maximum absolute atomic E-state index is 12.9. The summed E-state index contributed by atoms with van der Waals surface area (Å²) < 4.78 is 5.55. The fraction of sp³-hybridized carbons (Fsp3) is 0.455. The highest BCUT2D eigenvalue weighted by Gasteiger charge is 2.37. The van der Waals surface area contributed by atoms with Gasteiger partial charge in [0.2, 0.25) is 5.28 Å². The van der Waals surface area contributed by atoms with Crippen LogP contribution in [-0.2, 0) is 24.3 Å². The zero-order chi connectivity index (χ0) is 21.8. The van der Waals surface area contributed by atoms with Gasteiger partial charge in [-0.05, 0) is 37.1 Å². The number of nitrogens with one attached hydrogen (secondary N) is 1. The molecular weight excluding hydrogens is 416 g/mol. The first-order valence-electron chi connectivity index (χ1n) is 10.4. The van der Waals surface area contributed by atoms with Gasteiger partial charge in [0.1, 0.15) is 12.4 Å². The Balaban J connectivity index is 1.53. The van der Waals surface area contributed by atoms with Gasteiger partial charge in [0.15, 0.2) is 0 Å². The number of nitriles is 1. The van der Waals surface area contributed by atoms with Crippen LogP contribution in [0.25, 0.3) is 0 Å². The lowest BCUT2D eigenvalue weighted by Gasteiger charge is -2.45. The Hall–Kier alpha value is -2.89. The Morgan fingerprint density at radius 2 is 2.13 bits per heavy atom. The molecule has 8 nitrogen and oxygen atoms in total. The molecule has 1 fully saturated rings. The minimum absolute atomic E-state index is 0.0100. The molecule has 0 spiro atoms. The summed E-state index contributed by atoms with van der Waals surface area (Å²) in [5.74, 6) is 0.809. The fourth-order valence-corrected chi connectivity index (χ4v) is 4.37. The van der Waals surface area contributed by atoms with Crippen molar-refractivity contribution in [3.63, 3.8) is 0 Å². The number of rotatable bonds is 4. The molecule has 2 aliphatic rings. The van der Waals surface area contributed by atoms with E-state index in [4.69, 9.17) is 16.3 Å². The molecule has 0 unspecified atom stereocenters. The molecule has 31 heavy (non-hydrogen) atoms. The maximum Gasteiger partial charge on any atom is 0.410 e. The molecule has 3 heterocycles. The first-order chi connectivity index (χ1) is 15.1. The molecule has 0 aliphatic carbocycles. The summed E-state index contributed by atoms with van der Waals surface area (Å²) in [4.78, 5) is 25.6. The van der Waals surface area contributed by atoms with Gasteiger partial charge in [-0.15, -0.1) is 0 Å². The third kappa shape index (κ3) is 4.73. The Bertz CT molecular complexity index is 980. The standard InChI is InChI=1S/C22H25ClN6O2/c1-15-12-29(22(30)31-14-16-5-3-2-4-6-16)17(7-9-24)13-28(15)20-18-8-10-25-11-19(18)26-21(23)27-20/h2-6,15,17,25H,7-8,10-14H2,1H3/t15-,17-/m0/s1. The molecule has 1 N–H and O–H groups in total. The van der Waals surface area contributed by atoms with E-state index in [0.29, 0.717) is 19.6 Å². The lowest BCUT2D eigenvalue weighted by Crippen LogP contribution is -2.59. The number of hydrogen-bond acceptors (Lipinski definition) is 7. The van der Waals surface area contributed by atoms with E-state index < -0.39 is 6.09 Å². The molecule has 1 amide bonds. The van der Waals surface area contributed by atoms with Gasteiger partial charge in [0.05, 0.1) is 24.2 Å². The van der Waals surface area contributed by atoms with Gasteiger partial charge < -0.3 is 19.9 Å². The first-order valence-corrected chi connectivity index (χ1v) is 10.8. The largest absolute Gasteiger partial charge is 0.445 e. The van der Waals surface area contributed by atoms with Crippen LogP contribution in [0.3, 0.4) is 0 Å². The molecule has 1 aromatic heterocycles. The number of ether oxygens (including phenoxy) is 1. The topological polar surface area (TPSA) is 94.4 Å². The summed E-state index contributed by atoms with van der Waals surface area (Å²) in [6.45, 7) is 4.69. The zero-order valence-electron chi connectivity index (χ0n) is 17.4. The van der Waals surface area contributed by atoms with Crippen LogP contribution < -0.4 is 10.2 Å². The van der Waals surface area contributed by atoms with Crippen molar-refractivity contribution in [1.29, 1.82) is 5.26 Å². The highest BCUT2D eigenvalue weighted by atomic mass is 35.5. The zero-order valence-corrected chi connectivity index (χ0v) is 18.2. The molecule has 9 heteroatoms. The van der Waals surface area contributed by atoms with Crippen molar-refractivity contribution in [2.75, 3.05) is 24.5 Å². The maximum atomic E-state index is 12.9. The predicted molar refractivity (Wildman–Crippen MR) is 117 cm³/mol. The number of carbonyl (C=O) groups is 1. The summed E-state index contributed by atoms with van der Waals surface area (Å²) >= 11 is 6.21. The van der Waals surface area contributed by atoms with Crippen LogP contribution in [-0.4, -0.2) is 52.7 Å². The van der Waals surface area contributed by atoms with Crippen molar-refractivity contribution >= 4 is 23.5 Å². The fourth-order valence-electron chi connectivity index (χ4n) is 4.19. The molecule has 0 radical (unpaired) electrons. The second kappa shape index (κ2) is 9.50. The Kier molecular flexibility index (Phi) is 6.54. The smallest absolute Gasteiger partial charge is 0.410 e. The average Bonchev–Trinajstić information content (AvgIpc) is 2.78. The number of carbonyl (C=O) groups excluding carboxylic acids is 1. The first kappa shape index (κ1) is 21.3. The van der Waals surface area contributed by atoms with Crippen molar-refractivity contribution in [2.45, 2.75) is 45.0 Å². The average molecular weight is 441 g/mol. The van der Waals surface area contributed by atoms with Gasteiger partial charge in [-0.2, -0.15) is 5.26 Å². The minimum atomic E-state index is -0.400. The van der Waals surface area contributed by atoms with E-state index in [2.05, 4.69) is 26.3 Å². The third-order valence-electron chi connectivity index (χ3n) is 5.77. The van der Waals surface area contributed by atoms with Crippen LogP contribution in [0.15, 0.2) is 30.3 Å². The SMILES string of the molecule is C[C@H]1CN(C(=O)OCc2ccccc2)[C@@H](CC#N)CN1c1nc(Cl)nc2c1CCNC2. The summed E-state index contributed by atoms with van der Waals surface area (Å²) in [5, 5.41) is 12.9. The van der Waals surface area contributed by atoms with Gasteiger partial charge in [0, 0.05) is 31.2 Å². The predicted octanol–water partition coefficient (Wildman–Crippen LogP) is 2.91. The summed E-state index contributed by atoms with van der Waals surface area (Å²) in [6, 6.07) is 11.5. The van der Waals surface area contributed by atoms with Crippen molar-refractivity contribution in [2.24, 2.45) is 0 Å². The van der Waals surface area contributed by atoms with Crippen LogP contribution in [0, 0.1) is 11.3 Å². The Morgan fingerprint density at radius 3 is 2.90 bits per heavy atom. The van der Waals surface area contributed by atoms with E-state index in [9.17, 15) is 10.1 Å². The van der Waals surface area contributed by atoms with E-state index in [1.54, 1.807) is 4.90 Å². The van der Waals surface area contributed by atoms with E-state index in [0.717, 1.165) is 35.6 Å². The second-order valence-corrected chi connectivity index (χ2v) is 8.22. The van der Waals surface area contributed by atoms with Crippen LogP contribution >= 0.6 is 11.6 Å². The van der Waals surface area contributed by atoms with Gasteiger partial charge in [-0.25, -0.2) is 14.8 Å². The number of benzene rings is 1. The highest BCUT2D eigenvalue weighted by Crippen LogP contribution is 2.30. The van der Waals surface area contributed by atoms with E-state index in [1.807, 2.05) is 37.3 Å². The van der Waals surface area contributed by atoms with Crippen molar-refractivity contribution in [3.8, 4) is 6.07 Å². The quantitative estimate of drug-likeness (QED) is 0.730. The van der Waals surface area contributed by atoms with Crippen LogP contribution in [0.1, 0.15) is 30.2 Å². The van der Waals surface area contributed by atoms with E-state index >= 15 is 0 Å².